The molecule has 0 radical (unpaired) electrons. The Bertz CT molecular complexity index is 581. The van der Waals surface area contributed by atoms with E-state index in [1.165, 1.54) is 49.4 Å². The molecule has 3 rings (SSSR count). The van der Waals surface area contributed by atoms with Crippen molar-refractivity contribution in [1.82, 2.24) is 10.2 Å². The highest BCUT2D eigenvalue weighted by atomic mass is 32.1. The van der Waals surface area contributed by atoms with Gasteiger partial charge >= 0.3 is 0 Å². The molecule has 0 unspecified atom stereocenters. The Labute approximate surface area is 121 Å². The van der Waals surface area contributed by atoms with E-state index >= 15 is 0 Å². The van der Waals surface area contributed by atoms with Crippen molar-refractivity contribution in [3.05, 3.63) is 28.2 Å². The number of H-pyrrole nitrogens is 1. The first-order valence-corrected chi connectivity index (χ1v) is 7.71. The van der Waals surface area contributed by atoms with E-state index in [1.54, 1.807) is 0 Å². The Balaban J connectivity index is 1.69. The van der Waals surface area contributed by atoms with Crippen LogP contribution in [0.25, 0.3) is 0 Å². The molecule has 0 aliphatic carbocycles. The molecule has 0 amide bonds. The van der Waals surface area contributed by atoms with Gasteiger partial charge in [-0.3, -0.25) is 5.10 Å². The van der Waals surface area contributed by atoms with Crippen LogP contribution in [0.4, 0.5) is 16.5 Å². The van der Waals surface area contributed by atoms with Gasteiger partial charge in [0, 0.05) is 24.5 Å². The van der Waals surface area contributed by atoms with Crippen molar-refractivity contribution in [3.63, 3.8) is 0 Å². The topological polar surface area (TPSA) is 44.0 Å². The second-order valence-electron chi connectivity index (χ2n) is 4.64. The van der Waals surface area contributed by atoms with Crippen molar-refractivity contribution >= 4 is 40.1 Å². The minimum atomic E-state index is 0.687. The lowest BCUT2D eigenvalue weighted by molar-refractivity contribution is 0.578. The number of piperidine rings is 1. The molecule has 1 aliphatic rings. The summed E-state index contributed by atoms with van der Waals surface area (Å²) in [4.78, 5) is 2.45. The molecule has 0 atom stereocenters. The van der Waals surface area contributed by atoms with Crippen molar-refractivity contribution in [2.75, 3.05) is 23.3 Å². The molecule has 0 saturated carbocycles. The second kappa shape index (κ2) is 5.71. The van der Waals surface area contributed by atoms with Gasteiger partial charge in [-0.2, -0.15) is 0 Å². The summed E-state index contributed by atoms with van der Waals surface area (Å²) in [5.74, 6) is 0. The monoisotopic (exact) mass is 292 g/mol. The molecule has 4 nitrogen and oxygen atoms in total. The van der Waals surface area contributed by atoms with Gasteiger partial charge in [0.15, 0.2) is 3.95 Å². The number of hydrogen-bond donors (Lipinski definition) is 2. The van der Waals surface area contributed by atoms with E-state index in [2.05, 4.69) is 44.7 Å². The largest absolute Gasteiger partial charge is 0.372 e. The number of benzene rings is 1. The summed E-state index contributed by atoms with van der Waals surface area (Å²) in [6.45, 7) is 2.35. The fourth-order valence-electron chi connectivity index (χ4n) is 2.31. The van der Waals surface area contributed by atoms with Gasteiger partial charge < -0.3 is 10.2 Å². The highest BCUT2D eigenvalue weighted by molar-refractivity contribution is 7.73. The lowest BCUT2D eigenvalue weighted by Crippen LogP contribution is -2.29. The predicted octanol–water partition coefficient (Wildman–Crippen LogP) is 3.93. The molecule has 2 aromatic rings. The van der Waals surface area contributed by atoms with Crippen LogP contribution in [-0.4, -0.2) is 23.3 Å². The predicted molar refractivity (Wildman–Crippen MR) is 83.1 cm³/mol. The van der Waals surface area contributed by atoms with E-state index in [9.17, 15) is 0 Å². The molecular weight excluding hydrogens is 276 g/mol. The number of aromatic nitrogens is 2. The van der Waals surface area contributed by atoms with Gasteiger partial charge in [-0.25, -0.2) is 0 Å². The first kappa shape index (κ1) is 12.6. The Morgan fingerprint density at radius 3 is 2.53 bits per heavy atom. The third kappa shape index (κ3) is 3.13. The zero-order valence-corrected chi connectivity index (χ0v) is 12.2. The fraction of sp³-hybridized carbons (Fsp3) is 0.385. The van der Waals surface area contributed by atoms with Crippen LogP contribution in [0.3, 0.4) is 0 Å². The maximum atomic E-state index is 5.01. The summed E-state index contributed by atoms with van der Waals surface area (Å²) in [6.07, 6.45) is 3.97. The fourth-order valence-corrected chi connectivity index (χ4v) is 3.12. The maximum Gasteiger partial charge on any atom is 0.208 e. The quantitative estimate of drug-likeness (QED) is 0.841. The third-order valence-corrected chi connectivity index (χ3v) is 4.28. The molecule has 0 spiro atoms. The first-order valence-electron chi connectivity index (χ1n) is 6.49. The molecule has 100 valence electrons. The Kier molecular flexibility index (Phi) is 3.79. The van der Waals surface area contributed by atoms with Crippen LogP contribution in [0.5, 0.6) is 0 Å². The van der Waals surface area contributed by atoms with Crippen LogP contribution < -0.4 is 10.2 Å². The van der Waals surface area contributed by atoms with Crippen molar-refractivity contribution in [2.45, 2.75) is 19.3 Å². The zero-order chi connectivity index (χ0) is 13.1. The van der Waals surface area contributed by atoms with E-state index in [4.69, 9.17) is 12.2 Å². The summed E-state index contributed by atoms with van der Waals surface area (Å²) in [5.41, 5.74) is 2.35. The lowest BCUT2D eigenvalue weighted by Gasteiger charge is -2.28. The molecule has 0 bridgehead atoms. The van der Waals surface area contributed by atoms with E-state index in [0.717, 1.165) is 10.8 Å². The highest BCUT2D eigenvalue weighted by Gasteiger charge is 2.10. The molecule has 1 fully saturated rings. The Hall–Kier alpha value is -1.40. The molecule has 1 aliphatic heterocycles. The second-order valence-corrected chi connectivity index (χ2v) is 6.30. The smallest absolute Gasteiger partial charge is 0.208 e. The van der Waals surface area contributed by atoms with E-state index in [0.29, 0.717) is 3.95 Å². The van der Waals surface area contributed by atoms with Gasteiger partial charge in [-0.1, -0.05) is 11.3 Å². The van der Waals surface area contributed by atoms with E-state index < -0.39 is 0 Å². The van der Waals surface area contributed by atoms with Crippen molar-refractivity contribution in [1.29, 1.82) is 0 Å². The van der Waals surface area contributed by atoms with E-state index in [-0.39, 0.29) is 0 Å². The number of aromatic amines is 1. The van der Waals surface area contributed by atoms with Crippen LogP contribution in [0, 0.1) is 3.95 Å². The molecule has 1 saturated heterocycles. The Morgan fingerprint density at radius 1 is 1.16 bits per heavy atom. The summed E-state index contributed by atoms with van der Waals surface area (Å²) < 4.78 is 0.687. The maximum absolute atomic E-state index is 5.01. The number of anilines is 3. The summed E-state index contributed by atoms with van der Waals surface area (Å²) in [6, 6.07) is 8.52. The highest BCUT2D eigenvalue weighted by Crippen LogP contribution is 2.24. The summed E-state index contributed by atoms with van der Waals surface area (Å²) in [7, 11) is 0. The average Bonchev–Trinajstić information content (AvgIpc) is 2.86. The first-order chi connectivity index (χ1) is 9.31. The third-order valence-electron chi connectivity index (χ3n) is 3.28. The molecule has 6 heteroatoms. The SMILES string of the molecule is S=c1[nH]nc(Nc2ccc(N3CCCCC3)cc2)s1. The van der Waals surface area contributed by atoms with Gasteiger partial charge in [0.1, 0.15) is 0 Å². The molecule has 1 aromatic carbocycles. The molecular formula is C13H16N4S2. The van der Waals surface area contributed by atoms with E-state index in [1.807, 2.05) is 0 Å². The van der Waals surface area contributed by atoms with Gasteiger partial charge in [0.05, 0.1) is 0 Å². The van der Waals surface area contributed by atoms with Gasteiger partial charge in [-0.15, -0.1) is 5.10 Å². The minimum Gasteiger partial charge on any atom is -0.372 e. The molecule has 1 aromatic heterocycles. The molecule has 19 heavy (non-hydrogen) atoms. The van der Waals surface area contributed by atoms with Crippen LogP contribution in [0.2, 0.25) is 0 Å². The van der Waals surface area contributed by atoms with Gasteiger partial charge in [0.2, 0.25) is 5.13 Å². The Morgan fingerprint density at radius 2 is 1.89 bits per heavy atom. The van der Waals surface area contributed by atoms with Crippen LogP contribution in [-0.2, 0) is 0 Å². The average molecular weight is 292 g/mol. The van der Waals surface area contributed by atoms with Crippen molar-refractivity contribution in [2.24, 2.45) is 0 Å². The summed E-state index contributed by atoms with van der Waals surface area (Å²) >= 11 is 6.45. The molecule has 2 N–H and O–H groups in total. The minimum absolute atomic E-state index is 0.687. The van der Waals surface area contributed by atoms with Gasteiger partial charge in [0.25, 0.3) is 0 Å². The van der Waals surface area contributed by atoms with Crippen molar-refractivity contribution < 1.29 is 0 Å². The van der Waals surface area contributed by atoms with Crippen LogP contribution >= 0.6 is 23.6 Å². The number of nitrogens with one attached hydrogen (secondary N) is 2. The standard InChI is InChI=1S/C13H16N4S2/c18-13-16-15-12(19-13)14-10-4-6-11(7-5-10)17-8-2-1-3-9-17/h4-7H,1-3,8-9H2,(H,14,15)(H,16,18). The number of rotatable bonds is 3. The number of nitrogens with zero attached hydrogens (tertiary/aromatic N) is 2. The van der Waals surface area contributed by atoms with Crippen LogP contribution in [0.15, 0.2) is 24.3 Å². The summed E-state index contributed by atoms with van der Waals surface area (Å²) in [5, 5.41) is 10.9. The zero-order valence-electron chi connectivity index (χ0n) is 10.6. The normalized spacial score (nSPS) is 15.5. The van der Waals surface area contributed by atoms with Gasteiger partial charge in [-0.05, 0) is 55.7 Å². The van der Waals surface area contributed by atoms with Crippen LogP contribution in [0.1, 0.15) is 19.3 Å². The lowest BCUT2D eigenvalue weighted by atomic mass is 10.1. The molecule has 2 heterocycles. The van der Waals surface area contributed by atoms with Crippen molar-refractivity contribution in [3.8, 4) is 0 Å². The number of hydrogen-bond acceptors (Lipinski definition) is 5.